The fourth-order valence-electron chi connectivity index (χ4n) is 5.46. The van der Waals surface area contributed by atoms with Gasteiger partial charge in [-0.1, -0.05) is 24.4 Å². The van der Waals surface area contributed by atoms with Crippen LogP contribution in [0.2, 0.25) is 0 Å². The van der Waals surface area contributed by atoms with Gasteiger partial charge in [-0.15, -0.1) is 0 Å². The zero-order valence-corrected chi connectivity index (χ0v) is 19.1. The number of aromatic nitrogens is 1. The van der Waals surface area contributed by atoms with Gasteiger partial charge in [0, 0.05) is 35.7 Å². The second-order valence-corrected chi connectivity index (χ2v) is 9.45. The van der Waals surface area contributed by atoms with Gasteiger partial charge in [0.2, 0.25) is 0 Å². The molecule has 0 saturated heterocycles. The molecule has 2 aliphatic heterocycles. The van der Waals surface area contributed by atoms with Gasteiger partial charge >= 0.3 is 0 Å². The Kier molecular flexibility index (Phi) is 5.24. The largest absolute Gasteiger partial charge is 0.356 e. The minimum Gasteiger partial charge on any atom is -0.356 e. The first-order valence-electron chi connectivity index (χ1n) is 12.1. The fourth-order valence-corrected chi connectivity index (χ4v) is 5.46. The van der Waals surface area contributed by atoms with Crippen LogP contribution in [0.4, 0.5) is 4.39 Å². The average Bonchev–Trinajstić information content (AvgIpc) is 3.42. The molecule has 0 N–H and O–H groups in total. The molecule has 1 fully saturated rings. The number of imide groups is 1. The molecular formula is C27H24FN3O4. The van der Waals surface area contributed by atoms with E-state index < -0.39 is 0 Å². The monoisotopic (exact) mass is 473 g/mol. The Hall–Kier alpha value is -3.81. The van der Waals surface area contributed by atoms with Crippen LogP contribution in [0, 0.1) is 5.82 Å². The second kappa shape index (κ2) is 8.45. The molecule has 0 radical (unpaired) electrons. The maximum Gasteiger partial charge on any atom is 0.261 e. The molecule has 178 valence electrons. The smallest absolute Gasteiger partial charge is 0.261 e. The van der Waals surface area contributed by atoms with E-state index in [4.69, 9.17) is 4.52 Å². The van der Waals surface area contributed by atoms with Gasteiger partial charge in [-0.3, -0.25) is 19.3 Å². The highest BCUT2D eigenvalue weighted by Crippen LogP contribution is 2.33. The number of fused-ring (bicyclic) bond motifs is 2. The van der Waals surface area contributed by atoms with E-state index in [1.165, 1.54) is 17.0 Å². The summed E-state index contributed by atoms with van der Waals surface area (Å²) in [6.45, 7) is 0.752. The molecule has 0 unspecified atom stereocenters. The lowest BCUT2D eigenvalue weighted by Gasteiger charge is -2.29. The summed E-state index contributed by atoms with van der Waals surface area (Å²) >= 11 is 0. The topological polar surface area (TPSA) is 83.7 Å². The molecule has 1 aromatic heterocycles. The maximum atomic E-state index is 13.4. The highest BCUT2D eigenvalue weighted by Gasteiger charge is 2.41. The van der Waals surface area contributed by atoms with E-state index in [-0.39, 0.29) is 29.6 Å². The van der Waals surface area contributed by atoms with Crippen LogP contribution >= 0.6 is 0 Å². The summed E-state index contributed by atoms with van der Waals surface area (Å²) in [5, 5.41) is 4.15. The van der Waals surface area contributed by atoms with Crippen LogP contribution in [-0.4, -0.2) is 45.3 Å². The molecule has 7 nitrogen and oxygen atoms in total. The predicted octanol–water partition coefficient (Wildman–Crippen LogP) is 4.61. The first kappa shape index (κ1) is 21.7. The van der Waals surface area contributed by atoms with Gasteiger partial charge in [-0.25, -0.2) is 4.39 Å². The van der Waals surface area contributed by atoms with Crippen molar-refractivity contribution in [3.8, 4) is 11.3 Å². The van der Waals surface area contributed by atoms with E-state index in [0.29, 0.717) is 47.5 Å². The number of carbonyl (C=O) groups is 3. The number of halogens is 1. The summed E-state index contributed by atoms with van der Waals surface area (Å²) in [4.78, 5) is 42.6. The van der Waals surface area contributed by atoms with Gasteiger partial charge in [0.15, 0.2) is 5.76 Å². The summed E-state index contributed by atoms with van der Waals surface area (Å²) < 4.78 is 18.9. The Morgan fingerprint density at radius 2 is 1.71 bits per heavy atom. The molecule has 3 aromatic rings. The van der Waals surface area contributed by atoms with Crippen molar-refractivity contribution in [3.05, 3.63) is 76.2 Å². The Morgan fingerprint density at radius 1 is 0.971 bits per heavy atom. The van der Waals surface area contributed by atoms with Crippen molar-refractivity contribution in [2.24, 2.45) is 0 Å². The average molecular weight is 474 g/mol. The summed E-state index contributed by atoms with van der Waals surface area (Å²) in [7, 11) is 0. The molecule has 35 heavy (non-hydrogen) atoms. The molecule has 0 atom stereocenters. The summed E-state index contributed by atoms with van der Waals surface area (Å²) in [5.74, 6) is -0.598. The Balaban J connectivity index is 1.25. The molecule has 1 saturated carbocycles. The van der Waals surface area contributed by atoms with Crippen molar-refractivity contribution in [1.82, 2.24) is 15.0 Å². The van der Waals surface area contributed by atoms with Crippen molar-refractivity contribution in [2.45, 2.75) is 51.1 Å². The number of carbonyl (C=O) groups excluding carboxylic acids is 3. The molecule has 2 aromatic carbocycles. The van der Waals surface area contributed by atoms with Crippen LogP contribution in [0.15, 0.2) is 47.0 Å². The molecular weight excluding hydrogens is 449 g/mol. The maximum absolute atomic E-state index is 13.4. The molecule has 3 heterocycles. The highest BCUT2D eigenvalue weighted by atomic mass is 19.1. The summed E-state index contributed by atoms with van der Waals surface area (Å²) in [5.41, 5.74) is 3.33. The lowest BCUT2D eigenvalue weighted by Crippen LogP contribution is -2.40. The molecule has 0 spiro atoms. The van der Waals surface area contributed by atoms with Gasteiger partial charge < -0.3 is 9.42 Å². The molecule has 1 aliphatic carbocycles. The van der Waals surface area contributed by atoms with Gasteiger partial charge in [0.05, 0.1) is 23.4 Å². The van der Waals surface area contributed by atoms with Crippen LogP contribution in [0.3, 0.4) is 0 Å². The zero-order valence-electron chi connectivity index (χ0n) is 19.1. The highest BCUT2D eigenvalue weighted by molar-refractivity contribution is 6.22. The molecule has 8 heteroatoms. The lowest BCUT2D eigenvalue weighted by molar-refractivity contribution is 0.0548. The van der Waals surface area contributed by atoms with Crippen LogP contribution in [0.25, 0.3) is 11.3 Å². The first-order valence-corrected chi connectivity index (χ1v) is 12.1. The third-order valence-electron chi connectivity index (χ3n) is 7.34. The van der Waals surface area contributed by atoms with E-state index in [0.717, 1.165) is 43.4 Å². The van der Waals surface area contributed by atoms with E-state index >= 15 is 0 Å². The third kappa shape index (κ3) is 3.64. The first-order chi connectivity index (χ1) is 17.0. The summed E-state index contributed by atoms with van der Waals surface area (Å²) in [6.07, 6.45) is 5.36. The molecule has 0 bridgehead atoms. The fraction of sp³-hybridized carbons (Fsp3) is 0.333. The third-order valence-corrected chi connectivity index (χ3v) is 7.34. The van der Waals surface area contributed by atoms with Crippen molar-refractivity contribution in [3.63, 3.8) is 0 Å². The zero-order chi connectivity index (χ0) is 24.1. The predicted molar refractivity (Wildman–Crippen MR) is 124 cm³/mol. The van der Waals surface area contributed by atoms with E-state index in [2.05, 4.69) is 5.16 Å². The van der Waals surface area contributed by atoms with Crippen LogP contribution < -0.4 is 0 Å². The molecule has 6 rings (SSSR count). The van der Waals surface area contributed by atoms with Gasteiger partial charge in [0.25, 0.3) is 17.7 Å². The minimum atomic E-state index is -0.342. The second-order valence-electron chi connectivity index (χ2n) is 9.45. The minimum absolute atomic E-state index is 0.0608. The van der Waals surface area contributed by atoms with Crippen molar-refractivity contribution >= 4 is 17.7 Å². The number of hydrogen-bond donors (Lipinski definition) is 0. The lowest BCUT2D eigenvalue weighted by atomic mass is 9.94. The Labute approximate surface area is 201 Å². The standard InChI is InChI=1S/C27H24FN3O4/c28-18-9-6-16(7-10-18)24-22-15-30(13-12-23(22)29-35-24)25(32)17-8-11-20-21(14-17)27(34)31(26(20)33)19-4-2-1-3-5-19/h6-11,14,19H,1-5,12-13,15H2. The number of amides is 3. The van der Waals surface area contributed by atoms with Crippen molar-refractivity contribution in [1.29, 1.82) is 0 Å². The van der Waals surface area contributed by atoms with E-state index in [9.17, 15) is 18.8 Å². The molecule has 3 amide bonds. The number of rotatable bonds is 3. The van der Waals surface area contributed by atoms with Gasteiger partial charge in [-0.05, 0) is 55.3 Å². The number of hydrogen-bond acceptors (Lipinski definition) is 5. The van der Waals surface area contributed by atoms with Crippen molar-refractivity contribution in [2.75, 3.05) is 6.54 Å². The summed E-state index contributed by atoms with van der Waals surface area (Å²) in [6, 6.07) is 10.7. The Bertz CT molecular complexity index is 1340. The van der Waals surface area contributed by atoms with Crippen LogP contribution in [-0.2, 0) is 13.0 Å². The van der Waals surface area contributed by atoms with Crippen LogP contribution in [0.5, 0.6) is 0 Å². The molecule has 3 aliphatic rings. The number of nitrogens with zero attached hydrogens (tertiary/aromatic N) is 3. The number of benzene rings is 2. The van der Waals surface area contributed by atoms with Crippen molar-refractivity contribution < 1.29 is 23.3 Å². The Morgan fingerprint density at radius 3 is 2.49 bits per heavy atom. The SMILES string of the molecule is O=C(c1ccc2c(c1)C(=O)N(C1CCCCC1)C2=O)N1CCc2noc(-c3ccc(F)cc3)c2C1. The van der Waals surface area contributed by atoms with Gasteiger partial charge in [0.1, 0.15) is 5.82 Å². The quantitative estimate of drug-likeness (QED) is 0.519. The van der Waals surface area contributed by atoms with E-state index in [1.807, 2.05) is 0 Å². The van der Waals surface area contributed by atoms with E-state index in [1.54, 1.807) is 35.2 Å². The normalized spacial score (nSPS) is 18.1. The van der Waals surface area contributed by atoms with Crippen LogP contribution in [0.1, 0.15) is 74.4 Å². The van der Waals surface area contributed by atoms with Gasteiger partial charge in [-0.2, -0.15) is 0 Å².